The highest BCUT2D eigenvalue weighted by Gasteiger charge is 2.46. The number of carbonyl (C=O) groups excluding carboxylic acids is 2. The highest BCUT2D eigenvalue weighted by Crippen LogP contribution is 2.31. The van der Waals surface area contributed by atoms with E-state index in [9.17, 15) is 33.2 Å². The lowest BCUT2D eigenvalue weighted by Gasteiger charge is -2.22. The van der Waals surface area contributed by atoms with E-state index in [0.29, 0.717) is 4.31 Å². The van der Waals surface area contributed by atoms with Gasteiger partial charge in [-0.05, 0) is 13.0 Å². The predicted molar refractivity (Wildman–Crippen MR) is 99.9 cm³/mol. The number of rotatable bonds is 7. The van der Waals surface area contributed by atoms with Crippen molar-refractivity contribution in [2.75, 3.05) is 13.2 Å². The number of nitrogens with two attached hydrogens (primary N) is 1. The second-order valence-electron chi connectivity index (χ2n) is 6.41. The number of para-hydroxylation sites is 1. The Hall–Kier alpha value is -3.34. The number of sulfonamides is 1. The zero-order valence-electron chi connectivity index (χ0n) is 15.7. The average Bonchev–Trinajstić information content (AvgIpc) is 3.09. The molecule has 1 aromatic rings. The maximum atomic E-state index is 13.0. The zero-order chi connectivity index (χ0) is 22.6. The maximum Gasteiger partial charge on any atom is 0.325 e. The van der Waals surface area contributed by atoms with Crippen molar-refractivity contribution in [2.45, 2.75) is 30.4 Å². The van der Waals surface area contributed by atoms with Crippen LogP contribution in [0.2, 0.25) is 0 Å². The molecule has 13 heteroatoms. The Morgan fingerprint density at radius 3 is 2.63 bits per heavy atom. The molecule has 3 N–H and O–H groups in total. The molecule has 0 aromatic heterocycles. The van der Waals surface area contributed by atoms with Crippen LogP contribution >= 0.6 is 0 Å². The molecular weight excluding hydrogens is 420 g/mol. The van der Waals surface area contributed by atoms with E-state index in [1.165, 1.54) is 19.1 Å². The number of nitriles is 1. The van der Waals surface area contributed by atoms with Gasteiger partial charge in [0.05, 0.1) is 11.0 Å². The third-order valence-corrected chi connectivity index (χ3v) is 6.21. The molecule has 2 atom stereocenters. The largest absolute Gasteiger partial charge is 0.456 e. The van der Waals surface area contributed by atoms with Gasteiger partial charge in [0.2, 0.25) is 5.78 Å². The number of hydrogen-bond donors (Lipinski definition) is 2. The number of β-amino-alcohol motifs (C(OH)–C–C–N with tert-alkyl or cyclic N) is 1. The van der Waals surface area contributed by atoms with E-state index in [-0.39, 0.29) is 12.1 Å². The summed E-state index contributed by atoms with van der Waals surface area (Å²) in [5.74, 6) is -2.02. The van der Waals surface area contributed by atoms with E-state index >= 15 is 0 Å². The van der Waals surface area contributed by atoms with E-state index in [0.717, 1.165) is 12.1 Å². The van der Waals surface area contributed by atoms with Gasteiger partial charge in [0.25, 0.3) is 15.7 Å². The number of allylic oxidation sites excluding steroid dienone is 1. The first-order valence-corrected chi connectivity index (χ1v) is 9.94. The maximum absolute atomic E-state index is 13.0. The first-order chi connectivity index (χ1) is 14.0. The van der Waals surface area contributed by atoms with Crippen LogP contribution in [0.25, 0.3) is 0 Å². The van der Waals surface area contributed by atoms with Gasteiger partial charge in [-0.2, -0.15) is 9.57 Å². The minimum atomic E-state index is -4.55. The van der Waals surface area contributed by atoms with Crippen LogP contribution in [0.15, 0.2) is 40.4 Å². The molecule has 1 fully saturated rings. The molecule has 0 spiro atoms. The van der Waals surface area contributed by atoms with E-state index < -0.39 is 68.2 Å². The minimum absolute atomic E-state index is 0.0737. The second-order valence-corrected chi connectivity index (χ2v) is 8.26. The molecule has 0 aliphatic carbocycles. The summed E-state index contributed by atoms with van der Waals surface area (Å²) in [5, 5.41) is 30.0. The molecule has 1 aliphatic heterocycles. The number of hydrogen-bond acceptors (Lipinski definition) is 10. The van der Waals surface area contributed by atoms with E-state index in [4.69, 9.17) is 15.7 Å². The van der Waals surface area contributed by atoms with Crippen LogP contribution in [0.3, 0.4) is 0 Å². The number of Topliss-reactive ketones (excluding diaryl/α,β-unsaturated/α-hetero) is 1. The summed E-state index contributed by atoms with van der Waals surface area (Å²) in [4.78, 5) is 34.0. The van der Waals surface area contributed by atoms with Crippen LogP contribution in [-0.4, -0.2) is 59.8 Å². The summed E-state index contributed by atoms with van der Waals surface area (Å²) in [7, 11) is -4.55. The Bertz CT molecular complexity index is 1060. The Morgan fingerprint density at radius 1 is 1.43 bits per heavy atom. The summed E-state index contributed by atoms with van der Waals surface area (Å²) < 4.78 is 31.4. The quantitative estimate of drug-likeness (QED) is 0.186. The van der Waals surface area contributed by atoms with Crippen LogP contribution in [-0.2, 0) is 24.3 Å². The Morgan fingerprint density at radius 2 is 2.07 bits per heavy atom. The van der Waals surface area contributed by atoms with Gasteiger partial charge in [-0.25, -0.2) is 8.42 Å². The number of nitrogens with zero attached hydrogens (tertiary/aromatic N) is 3. The summed E-state index contributed by atoms with van der Waals surface area (Å²) in [6.07, 6.45) is -1.55. The van der Waals surface area contributed by atoms with Gasteiger partial charge in [0.15, 0.2) is 11.5 Å². The normalized spacial score (nSPS) is 20.2. The van der Waals surface area contributed by atoms with Crippen molar-refractivity contribution in [2.24, 2.45) is 5.73 Å². The topological polar surface area (TPSA) is 194 Å². The molecule has 0 radical (unpaired) electrons. The Kier molecular flexibility index (Phi) is 6.88. The van der Waals surface area contributed by atoms with Gasteiger partial charge >= 0.3 is 5.97 Å². The SMILES string of the molecule is C/C(N)=C(/C#N)C(=O)COC(=O)C1CC(O)CN1S(=O)(=O)c1ccccc1[N+](=O)[O-]. The monoisotopic (exact) mass is 438 g/mol. The van der Waals surface area contributed by atoms with Gasteiger partial charge in [0.1, 0.15) is 17.7 Å². The van der Waals surface area contributed by atoms with Gasteiger partial charge < -0.3 is 15.6 Å². The first kappa shape index (κ1) is 22.9. The number of aliphatic hydroxyl groups excluding tert-OH is 1. The fourth-order valence-electron chi connectivity index (χ4n) is 2.89. The lowest BCUT2D eigenvalue weighted by molar-refractivity contribution is -0.387. The highest BCUT2D eigenvalue weighted by atomic mass is 32.2. The lowest BCUT2D eigenvalue weighted by Crippen LogP contribution is -2.42. The summed E-state index contributed by atoms with van der Waals surface area (Å²) in [5.41, 5.74) is 4.23. The van der Waals surface area contributed by atoms with Crippen molar-refractivity contribution in [1.29, 1.82) is 5.26 Å². The molecule has 12 nitrogen and oxygen atoms in total. The molecule has 2 unspecified atom stereocenters. The van der Waals surface area contributed by atoms with Crippen molar-refractivity contribution in [3.05, 3.63) is 45.6 Å². The van der Waals surface area contributed by atoms with Crippen LogP contribution in [0.5, 0.6) is 0 Å². The van der Waals surface area contributed by atoms with Crippen molar-refractivity contribution >= 4 is 27.5 Å². The summed E-state index contributed by atoms with van der Waals surface area (Å²) in [6, 6.07) is 4.64. The van der Waals surface area contributed by atoms with E-state index in [1.807, 2.05) is 0 Å². The molecule has 1 aliphatic rings. The molecule has 1 saturated heterocycles. The molecule has 160 valence electrons. The highest BCUT2D eigenvalue weighted by molar-refractivity contribution is 7.89. The third kappa shape index (κ3) is 4.62. The number of aliphatic hydroxyl groups is 1. The first-order valence-electron chi connectivity index (χ1n) is 8.50. The fourth-order valence-corrected chi connectivity index (χ4v) is 4.68. The zero-order valence-corrected chi connectivity index (χ0v) is 16.5. The number of ketones is 1. The van der Waals surface area contributed by atoms with Crippen LogP contribution < -0.4 is 5.73 Å². The molecule has 0 amide bonds. The molecule has 30 heavy (non-hydrogen) atoms. The van der Waals surface area contributed by atoms with Crippen LogP contribution in [0.1, 0.15) is 13.3 Å². The smallest absolute Gasteiger partial charge is 0.325 e. The van der Waals surface area contributed by atoms with Gasteiger partial charge in [-0.3, -0.25) is 19.7 Å². The van der Waals surface area contributed by atoms with E-state index in [2.05, 4.69) is 0 Å². The van der Waals surface area contributed by atoms with Gasteiger partial charge in [0, 0.05) is 24.7 Å². The molecule has 1 aromatic carbocycles. The molecule has 2 rings (SSSR count). The Balaban J connectivity index is 2.28. The number of carbonyl (C=O) groups is 2. The summed E-state index contributed by atoms with van der Waals surface area (Å²) >= 11 is 0. The predicted octanol–water partition coefficient (Wildman–Crippen LogP) is -0.413. The number of esters is 1. The fraction of sp³-hybridized carbons (Fsp3) is 0.353. The lowest BCUT2D eigenvalue weighted by atomic mass is 10.1. The number of nitro groups is 1. The standard InChI is InChI=1S/C17H18N4O8S/c1-10(19)12(7-18)15(23)9-29-17(24)14-6-11(22)8-20(14)30(27,28)16-5-3-2-4-13(16)21(25)26/h2-5,11,14,22H,6,8-9,19H2,1H3/b12-10+. The van der Waals surface area contributed by atoms with Crippen molar-refractivity contribution in [3.63, 3.8) is 0 Å². The third-order valence-electron chi connectivity index (χ3n) is 4.28. The summed E-state index contributed by atoms with van der Waals surface area (Å²) in [6.45, 7) is -0.0394. The van der Waals surface area contributed by atoms with Gasteiger partial charge in [-0.1, -0.05) is 12.1 Å². The molecule has 0 saturated carbocycles. The average molecular weight is 438 g/mol. The number of nitro benzene ring substituents is 1. The number of ether oxygens (including phenoxy) is 1. The van der Waals surface area contributed by atoms with Crippen molar-refractivity contribution in [3.8, 4) is 6.07 Å². The molecule has 1 heterocycles. The van der Waals surface area contributed by atoms with Crippen LogP contribution in [0.4, 0.5) is 5.69 Å². The van der Waals surface area contributed by atoms with Crippen molar-refractivity contribution < 1.29 is 32.8 Å². The van der Waals surface area contributed by atoms with E-state index in [1.54, 1.807) is 6.07 Å². The van der Waals surface area contributed by atoms with Crippen molar-refractivity contribution in [1.82, 2.24) is 4.31 Å². The second kappa shape index (κ2) is 8.99. The van der Waals surface area contributed by atoms with Gasteiger partial charge in [-0.15, -0.1) is 0 Å². The molecular formula is C17H18N4O8S. The minimum Gasteiger partial charge on any atom is -0.456 e. The number of benzene rings is 1. The van der Waals surface area contributed by atoms with Crippen LogP contribution in [0, 0.1) is 21.4 Å². The molecule has 0 bridgehead atoms. The Labute approximate surface area is 171 Å².